The molecule has 1 atom stereocenters. The Hall–Kier alpha value is -2.49. The van der Waals surface area contributed by atoms with Crippen LogP contribution >= 0.6 is 0 Å². The summed E-state index contributed by atoms with van der Waals surface area (Å²) in [5, 5.41) is 3.31. The van der Waals surface area contributed by atoms with E-state index in [0.717, 1.165) is 26.2 Å². The molecule has 2 aromatic carbocycles. The van der Waals surface area contributed by atoms with E-state index in [1.54, 1.807) is 0 Å². The summed E-state index contributed by atoms with van der Waals surface area (Å²) in [5.74, 6) is 0.590. The Morgan fingerprint density at radius 2 is 1.62 bits per heavy atom. The van der Waals surface area contributed by atoms with Crippen molar-refractivity contribution in [1.82, 2.24) is 10.2 Å². The minimum Gasteiger partial charge on any atom is -0.368 e. The number of piperazine rings is 1. The molecule has 2 aromatic rings. The average Bonchev–Trinajstić information content (AvgIpc) is 3.53. The minimum atomic E-state index is 0.0789. The number of hydrogen-bond acceptors (Lipinski definition) is 2. The van der Waals surface area contributed by atoms with Gasteiger partial charge in [-0.2, -0.15) is 0 Å². The Morgan fingerprint density at radius 3 is 2.23 bits per heavy atom. The first-order chi connectivity index (χ1) is 12.7. The molecule has 0 unspecified atom stereocenters. The lowest BCUT2D eigenvalue weighted by Crippen LogP contribution is -2.52. The molecule has 1 aliphatic heterocycles. The summed E-state index contributed by atoms with van der Waals surface area (Å²) < 4.78 is 0. The predicted octanol–water partition coefficient (Wildman–Crippen LogP) is 3.98. The van der Waals surface area contributed by atoms with Crippen LogP contribution in [0.2, 0.25) is 0 Å². The van der Waals surface area contributed by atoms with Crippen LogP contribution in [-0.4, -0.2) is 37.1 Å². The molecule has 26 heavy (non-hydrogen) atoms. The molecule has 0 aromatic heterocycles. The number of rotatable bonds is 4. The van der Waals surface area contributed by atoms with Gasteiger partial charge < -0.3 is 15.1 Å². The molecule has 1 aliphatic carbocycles. The van der Waals surface area contributed by atoms with E-state index < -0.39 is 0 Å². The van der Waals surface area contributed by atoms with Crippen molar-refractivity contribution >= 4 is 11.7 Å². The minimum absolute atomic E-state index is 0.0789. The summed E-state index contributed by atoms with van der Waals surface area (Å²) in [4.78, 5) is 17.1. The van der Waals surface area contributed by atoms with Gasteiger partial charge in [-0.15, -0.1) is 0 Å². The first-order valence-corrected chi connectivity index (χ1v) is 9.63. The number of benzene rings is 2. The Balaban J connectivity index is 1.36. The number of carbonyl (C=O) groups is 1. The lowest BCUT2D eigenvalue weighted by Gasteiger charge is -2.37. The smallest absolute Gasteiger partial charge is 0.318 e. The molecule has 1 N–H and O–H groups in total. The summed E-state index contributed by atoms with van der Waals surface area (Å²) in [5.41, 5.74) is 3.73. The van der Waals surface area contributed by atoms with Gasteiger partial charge in [0.2, 0.25) is 0 Å². The third-order valence-electron chi connectivity index (χ3n) is 5.50. The number of hydrogen-bond donors (Lipinski definition) is 1. The molecule has 0 radical (unpaired) electrons. The average molecular weight is 349 g/mol. The SMILES string of the molecule is Cc1ccc([C@H](NC(=O)N2CCN(c3ccccc3)CC2)C2CC2)cc1. The van der Waals surface area contributed by atoms with Gasteiger partial charge in [0.15, 0.2) is 0 Å². The van der Waals surface area contributed by atoms with Crippen LogP contribution in [-0.2, 0) is 0 Å². The maximum Gasteiger partial charge on any atom is 0.318 e. The van der Waals surface area contributed by atoms with Gasteiger partial charge >= 0.3 is 6.03 Å². The molecule has 1 heterocycles. The molecular weight excluding hydrogens is 322 g/mol. The molecule has 0 spiro atoms. The molecule has 1 saturated heterocycles. The maximum atomic E-state index is 12.8. The number of anilines is 1. The predicted molar refractivity (Wildman–Crippen MR) is 105 cm³/mol. The van der Waals surface area contributed by atoms with Crippen LogP contribution in [0.5, 0.6) is 0 Å². The number of carbonyl (C=O) groups excluding carboxylic acids is 1. The molecule has 2 amide bonds. The van der Waals surface area contributed by atoms with Gasteiger partial charge in [-0.05, 0) is 43.4 Å². The summed E-state index contributed by atoms with van der Waals surface area (Å²) in [6, 6.07) is 19.3. The van der Waals surface area contributed by atoms with Crippen LogP contribution in [0.15, 0.2) is 54.6 Å². The fourth-order valence-corrected chi connectivity index (χ4v) is 3.71. The van der Waals surface area contributed by atoms with Gasteiger partial charge in [0.25, 0.3) is 0 Å². The van der Waals surface area contributed by atoms with Gasteiger partial charge in [0.1, 0.15) is 0 Å². The number of urea groups is 1. The fraction of sp³-hybridized carbons (Fsp3) is 0.409. The second-order valence-corrected chi connectivity index (χ2v) is 7.48. The first-order valence-electron chi connectivity index (χ1n) is 9.63. The number of nitrogens with zero attached hydrogens (tertiary/aromatic N) is 2. The normalized spacial score (nSPS) is 18.5. The van der Waals surface area contributed by atoms with E-state index in [1.807, 2.05) is 11.0 Å². The molecule has 2 fully saturated rings. The van der Waals surface area contributed by atoms with Gasteiger partial charge in [-0.25, -0.2) is 4.79 Å². The number of para-hydroxylation sites is 1. The monoisotopic (exact) mass is 349 g/mol. The summed E-state index contributed by atoms with van der Waals surface area (Å²) in [6.07, 6.45) is 2.42. The zero-order chi connectivity index (χ0) is 17.9. The van der Waals surface area contributed by atoms with Crippen molar-refractivity contribution in [2.75, 3.05) is 31.1 Å². The highest BCUT2D eigenvalue weighted by atomic mass is 16.2. The molecule has 0 bridgehead atoms. The van der Waals surface area contributed by atoms with E-state index in [0.29, 0.717) is 5.92 Å². The highest BCUT2D eigenvalue weighted by Gasteiger charge is 2.34. The molecule has 1 saturated carbocycles. The van der Waals surface area contributed by atoms with E-state index in [4.69, 9.17) is 0 Å². The van der Waals surface area contributed by atoms with Gasteiger partial charge in [-0.1, -0.05) is 48.0 Å². The maximum absolute atomic E-state index is 12.8. The highest BCUT2D eigenvalue weighted by Crippen LogP contribution is 2.41. The number of nitrogens with one attached hydrogen (secondary N) is 1. The lowest BCUT2D eigenvalue weighted by atomic mass is 10.0. The molecule has 4 rings (SSSR count). The molecule has 4 heteroatoms. The molecule has 136 valence electrons. The zero-order valence-corrected chi connectivity index (χ0v) is 15.4. The van der Waals surface area contributed by atoms with Crippen LogP contribution in [0.3, 0.4) is 0 Å². The van der Waals surface area contributed by atoms with Crippen LogP contribution in [0, 0.1) is 12.8 Å². The van der Waals surface area contributed by atoms with E-state index in [1.165, 1.54) is 29.7 Å². The van der Waals surface area contributed by atoms with E-state index >= 15 is 0 Å². The second kappa shape index (κ2) is 7.40. The topological polar surface area (TPSA) is 35.6 Å². The largest absolute Gasteiger partial charge is 0.368 e. The highest BCUT2D eigenvalue weighted by molar-refractivity contribution is 5.75. The van der Waals surface area contributed by atoms with Crippen molar-refractivity contribution in [3.8, 4) is 0 Å². The Bertz CT molecular complexity index is 732. The summed E-state index contributed by atoms with van der Waals surface area (Å²) in [6.45, 7) is 5.41. The molecule has 4 nitrogen and oxygen atoms in total. The molecule has 2 aliphatic rings. The fourth-order valence-electron chi connectivity index (χ4n) is 3.71. The van der Waals surface area contributed by atoms with Crippen molar-refractivity contribution in [3.05, 3.63) is 65.7 Å². The van der Waals surface area contributed by atoms with Crippen LogP contribution in [0.25, 0.3) is 0 Å². The van der Waals surface area contributed by atoms with Crippen molar-refractivity contribution in [2.24, 2.45) is 5.92 Å². The quantitative estimate of drug-likeness (QED) is 0.906. The standard InChI is InChI=1S/C22H27N3O/c1-17-7-9-18(10-8-17)21(19-11-12-19)23-22(26)25-15-13-24(14-16-25)20-5-3-2-4-6-20/h2-10,19,21H,11-16H2,1H3,(H,23,26)/t21-/m0/s1. The van der Waals surface area contributed by atoms with Crippen molar-refractivity contribution in [3.63, 3.8) is 0 Å². The third kappa shape index (κ3) is 3.85. The van der Waals surface area contributed by atoms with E-state index in [-0.39, 0.29) is 12.1 Å². The number of amides is 2. The zero-order valence-electron chi connectivity index (χ0n) is 15.4. The van der Waals surface area contributed by atoms with Crippen LogP contribution < -0.4 is 10.2 Å². The summed E-state index contributed by atoms with van der Waals surface area (Å²) in [7, 11) is 0. The van der Waals surface area contributed by atoms with E-state index in [9.17, 15) is 4.79 Å². The Morgan fingerprint density at radius 1 is 0.962 bits per heavy atom. The summed E-state index contributed by atoms with van der Waals surface area (Å²) >= 11 is 0. The lowest BCUT2D eigenvalue weighted by molar-refractivity contribution is 0.189. The van der Waals surface area contributed by atoms with Crippen LogP contribution in [0.1, 0.15) is 30.0 Å². The second-order valence-electron chi connectivity index (χ2n) is 7.48. The van der Waals surface area contributed by atoms with Gasteiger partial charge in [-0.3, -0.25) is 0 Å². The first kappa shape index (κ1) is 17.0. The van der Waals surface area contributed by atoms with E-state index in [2.05, 4.69) is 65.7 Å². The molecular formula is C22H27N3O. The third-order valence-corrected chi connectivity index (χ3v) is 5.50. The van der Waals surface area contributed by atoms with Crippen LogP contribution in [0.4, 0.5) is 10.5 Å². The Labute approximate surface area is 155 Å². The van der Waals surface area contributed by atoms with Gasteiger partial charge in [0.05, 0.1) is 6.04 Å². The Kier molecular flexibility index (Phi) is 4.83. The van der Waals surface area contributed by atoms with Crippen molar-refractivity contribution in [1.29, 1.82) is 0 Å². The number of aryl methyl sites for hydroxylation is 1. The van der Waals surface area contributed by atoms with Crippen molar-refractivity contribution in [2.45, 2.75) is 25.8 Å². The van der Waals surface area contributed by atoms with Gasteiger partial charge in [0, 0.05) is 31.9 Å². The van der Waals surface area contributed by atoms with Crippen molar-refractivity contribution < 1.29 is 4.79 Å².